The maximum Gasteiger partial charge on any atom is 0.197 e. The van der Waals surface area contributed by atoms with Crippen molar-refractivity contribution in [2.75, 3.05) is 7.04 Å². The van der Waals surface area contributed by atoms with Gasteiger partial charge in [0.25, 0.3) is 0 Å². The summed E-state index contributed by atoms with van der Waals surface area (Å²) in [4.78, 5) is 8.93. The maximum atomic E-state index is 13.2. The number of rotatable bonds is 5. The number of fused-ring (bicyclic) bond motifs is 1. The zero-order chi connectivity index (χ0) is 25.7. The van der Waals surface area contributed by atoms with Crippen molar-refractivity contribution in [3.05, 3.63) is 66.2 Å². The van der Waals surface area contributed by atoms with E-state index in [0.29, 0.717) is 11.0 Å². The lowest BCUT2D eigenvalue weighted by atomic mass is 10.2. The molecule has 1 atom stereocenters. The summed E-state index contributed by atoms with van der Waals surface area (Å²) in [5.41, 5.74) is 0.393. The lowest BCUT2D eigenvalue weighted by molar-refractivity contribution is 0.410. The summed E-state index contributed by atoms with van der Waals surface area (Å²) in [6.45, 7) is -2.98. The third-order valence-electron chi connectivity index (χ3n) is 3.74. The zero-order valence-electron chi connectivity index (χ0n) is 22.3. The first-order valence-corrected chi connectivity index (χ1v) is 8.81. The van der Waals surface area contributed by atoms with E-state index in [1.807, 2.05) is 29.1 Å². The number of hydrogen-bond acceptors (Lipinski definition) is 4. The van der Waals surface area contributed by atoms with E-state index in [1.165, 1.54) is 0 Å². The summed E-state index contributed by atoms with van der Waals surface area (Å²) < 4.78 is 89.3. The molecule has 6 nitrogen and oxygen atoms in total. The molecule has 0 radical (unpaired) electrons. The Bertz CT molecular complexity index is 1430. The number of H-pyrrole nitrogens is 1. The standard InChI is InChI=1S/C19H18N4O2S/c1-13-17(20-8-7-18(13)25-2)12-26(24)19-21-15-6-5-14(11-16(15)22-19)23-9-3-4-10-23/h3-11H,12H2,1-2H3,(H,21,22)/i1D3,2D3,7D,8D/hD. The van der Waals surface area contributed by atoms with Crippen molar-refractivity contribution < 1.29 is 21.3 Å². The number of nitrogens with one attached hydrogen (secondary N) is 1. The van der Waals surface area contributed by atoms with Crippen LogP contribution in [0.2, 0.25) is 1.41 Å². The lowest BCUT2D eigenvalue weighted by Gasteiger charge is -2.08. The van der Waals surface area contributed by atoms with E-state index in [4.69, 9.17) is 17.1 Å². The summed E-state index contributed by atoms with van der Waals surface area (Å²) in [5.74, 6) is -1.43. The highest BCUT2D eigenvalue weighted by Crippen LogP contribution is 2.22. The van der Waals surface area contributed by atoms with Gasteiger partial charge in [-0.2, -0.15) is 0 Å². The highest BCUT2D eigenvalue weighted by molar-refractivity contribution is 7.84. The molecule has 0 spiro atoms. The molecule has 3 heterocycles. The van der Waals surface area contributed by atoms with Crippen LogP contribution in [0.5, 0.6) is 5.75 Å². The second-order valence-corrected chi connectivity index (χ2v) is 6.71. The summed E-state index contributed by atoms with van der Waals surface area (Å²) >= 11 is 0. The van der Waals surface area contributed by atoms with E-state index < -0.39 is 59.7 Å². The molecule has 132 valence electrons. The molecule has 0 saturated heterocycles. The van der Waals surface area contributed by atoms with E-state index in [-0.39, 0.29) is 5.16 Å². The van der Waals surface area contributed by atoms with Gasteiger partial charge in [-0.1, -0.05) is 0 Å². The minimum atomic E-state index is -3.09. The minimum absolute atomic E-state index is 0.192. The van der Waals surface area contributed by atoms with Gasteiger partial charge in [0.15, 0.2) is 6.57 Å². The van der Waals surface area contributed by atoms with Crippen molar-refractivity contribution >= 4 is 21.8 Å². The second-order valence-electron chi connectivity index (χ2n) is 5.36. The van der Waals surface area contributed by atoms with Crippen molar-refractivity contribution in [2.24, 2.45) is 0 Å². The van der Waals surface area contributed by atoms with Gasteiger partial charge in [0.1, 0.15) is 5.75 Å². The van der Waals surface area contributed by atoms with E-state index in [9.17, 15) is 4.21 Å². The third-order valence-corrected chi connectivity index (χ3v) is 4.87. The molecule has 0 saturated carbocycles. The van der Waals surface area contributed by atoms with Gasteiger partial charge >= 0.3 is 0 Å². The van der Waals surface area contributed by atoms with Gasteiger partial charge in [-0.15, -0.1) is 0 Å². The van der Waals surface area contributed by atoms with Crippen LogP contribution in [0.15, 0.2) is 60.1 Å². The highest BCUT2D eigenvalue weighted by Gasteiger charge is 2.15. The SMILES string of the molecule is [2H]c1nc(CS(=O)c2nc3cc(-n4cccc4)ccc3n2[2H])c(C([2H])([2H])[2H])c(OC([2H])([2H])[2H])c1[2H]. The molecule has 1 unspecified atom stereocenters. The van der Waals surface area contributed by atoms with Crippen LogP contribution in [0.4, 0.5) is 0 Å². The molecule has 1 N–H and O–H groups in total. The van der Waals surface area contributed by atoms with E-state index in [0.717, 1.165) is 10.7 Å². The number of aromatic amines is 1. The molecular weight excluding hydrogens is 348 g/mol. The first-order valence-electron chi connectivity index (χ1n) is 11.9. The van der Waals surface area contributed by atoms with Gasteiger partial charge in [-0.05, 0) is 43.2 Å². The second kappa shape index (κ2) is 6.76. The van der Waals surface area contributed by atoms with Crippen molar-refractivity contribution in [1.29, 1.82) is 0 Å². The number of benzene rings is 1. The van der Waals surface area contributed by atoms with Crippen molar-refractivity contribution in [1.82, 2.24) is 19.5 Å². The Morgan fingerprint density at radius 3 is 3.12 bits per heavy atom. The quantitative estimate of drug-likeness (QED) is 0.580. The molecule has 1 aromatic carbocycles. The normalized spacial score (nSPS) is 18.4. The summed E-state index contributed by atoms with van der Waals surface area (Å²) in [6, 6.07) is 7.97. The molecule has 4 rings (SSSR count). The predicted octanol–water partition coefficient (Wildman–Crippen LogP) is 3.37. The molecule has 4 aromatic rings. The monoisotopic (exact) mass is 375 g/mol. The number of nitrogens with zero attached hydrogens (tertiary/aromatic N) is 3. The fraction of sp³-hybridized carbons (Fsp3) is 0.158. The smallest absolute Gasteiger partial charge is 0.197 e. The van der Waals surface area contributed by atoms with Crippen LogP contribution in [0.25, 0.3) is 16.7 Å². The number of hydrogen-bond donors (Lipinski definition) is 1. The Morgan fingerprint density at radius 2 is 2.31 bits per heavy atom. The zero-order valence-corrected chi connectivity index (χ0v) is 14.1. The Labute approximate surface area is 166 Å². The van der Waals surface area contributed by atoms with Gasteiger partial charge in [0, 0.05) is 33.9 Å². The molecule has 0 aliphatic rings. The van der Waals surface area contributed by atoms with Crippen LogP contribution in [-0.4, -0.2) is 30.8 Å². The summed E-state index contributed by atoms with van der Waals surface area (Å²) in [7, 11) is -5.20. The third kappa shape index (κ3) is 3.01. The average Bonchev–Trinajstić information content (AvgIpc) is 3.38. The van der Waals surface area contributed by atoms with Crippen LogP contribution in [-0.2, 0) is 16.6 Å². The predicted molar refractivity (Wildman–Crippen MR) is 101 cm³/mol. The lowest BCUT2D eigenvalue weighted by Crippen LogP contribution is -2.03. The number of ether oxygens (including phenoxy) is 1. The van der Waals surface area contributed by atoms with Gasteiger partial charge in [0.05, 0.1) is 47.2 Å². The topological polar surface area (TPSA) is 72.8 Å². The fourth-order valence-corrected chi connectivity index (χ4v) is 3.45. The summed E-state index contributed by atoms with van der Waals surface area (Å²) in [6.07, 6.45) is 2.92. The molecule has 3 aromatic heterocycles. The van der Waals surface area contributed by atoms with Crippen LogP contribution in [0.3, 0.4) is 0 Å². The van der Waals surface area contributed by atoms with E-state index >= 15 is 0 Å². The number of methoxy groups -OCH3 is 1. The average molecular weight is 376 g/mol. The van der Waals surface area contributed by atoms with Crippen molar-refractivity contribution in [3.63, 3.8) is 0 Å². The first-order chi connectivity index (χ1) is 16.3. The van der Waals surface area contributed by atoms with Crippen molar-refractivity contribution in [3.8, 4) is 11.4 Å². The summed E-state index contributed by atoms with van der Waals surface area (Å²) in [5, 5.41) is -0.192. The van der Waals surface area contributed by atoms with Crippen LogP contribution < -0.4 is 4.74 Å². The highest BCUT2D eigenvalue weighted by atomic mass is 32.2. The van der Waals surface area contributed by atoms with Gasteiger partial charge in [-0.25, -0.2) is 4.98 Å². The molecule has 7 heteroatoms. The van der Waals surface area contributed by atoms with E-state index in [2.05, 4.69) is 9.97 Å². The molecule has 0 bridgehead atoms. The number of pyridine rings is 1. The molecule has 0 aliphatic heterocycles. The Kier molecular flexibility index (Phi) is 2.38. The van der Waals surface area contributed by atoms with Gasteiger partial charge < -0.3 is 14.3 Å². The largest absolute Gasteiger partial charge is 0.496 e. The number of imidazole rings is 1. The first kappa shape index (κ1) is 9.14. The molecule has 26 heavy (non-hydrogen) atoms. The van der Waals surface area contributed by atoms with Gasteiger partial charge in [0.2, 0.25) is 0 Å². The molecular formula is C19H18N4O2S. The fourth-order valence-electron chi connectivity index (χ4n) is 2.46. The van der Waals surface area contributed by atoms with Crippen LogP contribution >= 0.6 is 0 Å². The van der Waals surface area contributed by atoms with Crippen molar-refractivity contribution in [2.45, 2.75) is 17.8 Å². The number of aromatic nitrogens is 4. The molecule has 0 amide bonds. The van der Waals surface area contributed by atoms with Gasteiger partial charge in [-0.3, -0.25) is 9.19 Å². The van der Waals surface area contributed by atoms with Crippen LogP contribution in [0.1, 0.15) is 22.2 Å². The Morgan fingerprint density at radius 1 is 1.42 bits per heavy atom. The molecule has 0 fully saturated rings. The Hall–Kier alpha value is -2.93. The Balaban J connectivity index is 1.77. The minimum Gasteiger partial charge on any atom is -0.496 e. The molecule has 0 aliphatic carbocycles. The van der Waals surface area contributed by atoms with E-state index in [1.54, 1.807) is 18.2 Å². The van der Waals surface area contributed by atoms with Crippen LogP contribution in [0, 0.1) is 6.85 Å². The maximum absolute atomic E-state index is 13.2.